The number of hydrogen-bond acceptors (Lipinski definition) is 1. The van der Waals surface area contributed by atoms with Gasteiger partial charge in [-0.15, -0.1) is 0 Å². The maximum absolute atomic E-state index is 13.4. The van der Waals surface area contributed by atoms with Crippen LogP contribution < -0.4 is 0 Å². The molecule has 1 aliphatic rings. The van der Waals surface area contributed by atoms with Crippen molar-refractivity contribution in [3.05, 3.63) is 82.9 Å². The zero-order valence-electron chi connectivity index (χ0n) is 15.4. The average Bonchev–Trinajstić information content (AvgIpc) is 2.94. The van der Waals surface area contributed by atoms with Crippen molar-refractivity contribution < 1.29 is 4.79 Å². The average molecular weight is 332 g/mol. The lowest BCUT2D eigenvalue weighted by Crippen LogP contribution is -2.15. The molecule has 0 amide bonds. The highest BCUT2D eigenvalue weighted by atomic mass is 16.1. The van der Waals surface area contributed by atoms with Crippen LogP contribution >= 0.6 is 0 Å². The van der Waals surface area contributed by atoms with Crippen molar-refractivity contribution in [2.45, 2.75) is 57.8 Å². The Morgan fingerprint density at radius 3 is 1.80 bits per heavy atom. The third-order valence-corrected chi connectivity index (χ3v) is 5.29. The van der Waals surface area contributed by atoms with Crippen LogP contribution in [0.1, 0.15) is 68.9 Å². The van der Waals surface area contributed by atoms with Crippen LogP contribution in [0.15, 0.2) is 71.8 Å². The van der Waals surface area contributed by atoms with Gasteiger partial charge in [0.05, 0.1) is 5.92 Å². The number of carbonyl (C=O) groups excluding carboxylic acids is 1. The maximum atomic E-state index is 13.4. The highest BCUT2D eigenvalue weighted by Crippen LogP contribution is 2.49. The summed E-state index contributed by atoms with van der Waals surface area (Å²) < 4.78 is 0. The van der Waals surface area contributed by atoms with Gasteiger partial charge in [-0.2, -0.15) is 0 Å². The van der Waals surface area contributed by atoms with Crippen molar-refractivity contribution in [3.63, 3.8) is 0 Å². The van der Waals surface area contributed by atoms with Gasteiger partial charge in [0.25, 0.3) is 0 Å². The summed E-state index contributed by atoms with van der Waals surface area (Å²) in [7, 11) is 0. The van der Waals surface area contributed by atoms with E-state index < -0.39 is 0 Å². The van der Waals surface area contributed by atoms with Gasteiger partial charge in [0.1, 0.15) is 0 Å². The van der Waals surface area contributed by atoms with Crippen LogP contribution in [0.3, 0.4) is 0 Å². The second-order valence-corrected chi connectivity index (χ2v) is 7.00. The highest BCUT2D eigenvalue weighted by molar-refractivity contribution is 6.05. The van der Waals surface area contributed by atoms with Crippen LogP contribution in [0.4, 0.5) is 0 Å². The molecule has 130 valence electrons. The minimum Gasteiger partial charge on any atom is -0.294 e. The summed E-state index contributed by atoms with van der Waals surface area (Å²) in [5, 5.41) is 0. The summed E-state index contributed by atoms with van der Waals surface area (Å²) in [5.74, 6) is 0.495. The fraction of sp³-hybridized carbons (Fsp3) is 0.375. The van der Waals surface area contributed by atoms with Crippen molar-refractivity contribution in [1.82, 2.24) is 0 Å². The highest BCUT2D eigenvalue weighted by Gasteiger charge is 2.42. The molecule has 0 fully saturated rings. The molecule has 1 heteroatoms. The van der Waals surface area contributed by atoms with E-state index in [1.165, 1.54) is 11.1 Å². The van der Waals surface area contributed by atoms with Crippen molar-refractivity contribution in [2.75, 3.05) is 0 Å². The van der Waals surface area contributed by atoms with Gasteiger partial charge in [-0.3, -0.25) is 4.79 Å². The Morgan fingerprint density at radius 2 is 1.28 bits per heavy atom. The number of ketones is 1. The standard InChI is InChI=1S/C24H28O/c1-3-5-17-20-21(12-4-2)24(25)23(19-15-10-7-11-16-19)22(20)18-13-8-6-9-14-18/h6-11,13-16,22-23H,3-5,12,17H2,1-2H3. The molecule has 2 atom stereocenters. The molecule has 0 saturated heterocycles. The van der Waals surface area contributed by atoms with E-state index in [1.807, 2.05) is 18.2 Å². The first-order chi connectivity index (χ1) is 12.3. The Kier molecular flexibility index (Phi) is 5.86. The molecule has 25 heavy (non-hydrogen) atoms. The molecule has 0 aromatic heterocycles. The fourth-order valence-corrected chi connectivity index (χ4v) is 4.15. The topological polar surface area (TPSA) is 17.1 Å². The number of benzene rings is 2. The van der Waals surface area contributed by atoms with E-state index in [9.17, 15) is 4.79 Å². The van der Waals surface area contributed by atoms with Crippen LogP contribution in [-0.4, -0.2) is 5.78 Å². The van der Waals surface area contributed by atoms with E-state index >= 15 is 0 Å². The van der Waals surface area contributed by atoms with Crippen molar-refractivity contribution in [1.29, 1.82) is 0 Å². The first-order valence-corrected chi connectivity index (χ1v) is 9.63. The molecular formula is C24H28O. The van der Waals surface area contributed by atoms with Crippen LogP contribution in [-0.2, 0) is 4.79 Å². The SMILES string of the molecule is CCCCC1=C(CCC)C(=O)C(c2ccccc2)C1c1ccccc1. The van der Waals surface area contributed by atoms with Crippen molar-refractivity contribution in [3.8, 4) is 0 Å². The number of rotatable bonds is 7. The first-order valence-electron chi connectivity index (χ1n) is 9.63. The van der Waals surface area contributed by atoms with E-state index in [4.69, 9.17) is 0 Å². The van der Waals surface area contributed by atoms with E-state index in [-0.39, 0.29) is 11.8 Å². The normalized spacial score (nSPS) is 20.3. The van der Waals surface area contributed by atoms with Crippen LogP contribution in [0.5, 0.6) is 0 Å². The second-order valence-electron chi connectivity index (χ2n) is 7.00. The summed E-state index contributed by atoms with van der Waals surface area (Å²) in [6.07, 6.45) is 5.29. The van der Waals surface area contributed by atoms with E-state index in [0.29, 0.717) is 5.78 Å². The molecular weight excluding hydrogens is 304 g/mol. The van der Waals surface area contributed by atoms with Gasteiger partial charge in [0.2, 0.25) is 0 Å². The monoisotopic (exact) mass is 332 g/mol. The van der Waals surface area contributed by atoms with Gasteiger partial charge >= 0.3 is 0 Å². The quantitative estimate of drug-likeness (QED) is 0.571. The van der Waals surface area contributed by atoms with Gasteiger partial charge in [-0.05, 0) is 36.0 Å². The molecule has 0 N–H and O–H groups in total. The lowest BCUT2D eigenvalue weighted by molar-refractivity contribution is -0.116. The minimum atomic E-state index is -0.0583. The van der Waals surface area contributed by atoms with Gasteiger partial charge in [-0.25, -0.2) is 0 Å². The van der Waals surface area contributed by atoms with Crippen LogP contribution in [0.2, 0.25) is 0 Å². The molecule has 3 rings (SSSR count). The Hall–Kier alpha value is -2.15. The predicted molar refractivity (Wildman–Crippen MR) is 105 cm³/mol. The third kappa shape index (κ3) is 3.61. The molecule has 2 unspecified atom stereocenters. The molecule has 1 nitrogen and oxygen atoms in total. The van der Waals surface area contributed by atoms with Gasteiger partial charge in [0, 0.05) is 5.92 Å². The smallest absolute Gasteiger partial charge is 0.167 e. The van der Waals surface area contributed by atoms with Gasteiger partial charge in [-0.1, -0.05) is 92.9 Å². The van der Waals surface area contributed by atoms with E-state index in [2.05, 4.69) is 56.3 Å². The summed E-state index contributed by atoms with van der Waals surface area (Å²) in [6.45, 7) is 4.40. The zero-order valence-corrected chi connectivity index (χ0v) is 15.4. The number of hydrogen-bond donors (Lipinski definition) is 0. The molecule has 0 spiro atoms. The molecule has 0 saturated carbocycles. The second kappa shape index (κ2) is 8.29. The van der Waals surface area contributed by atoms with Crippen LogP contribution in [0.25, 0.3) is 0 Å². The zero-order chi connectivity index (χ0) is 17.6. The number of unbranched alkanes of at least 4 members (excludes halogenated alkanes) is 1. The van der Waals surface area contributed by atoms with Crippen LogP contribution in [0, 0.1) is 0 Å². The first kappa shape index (κ1) is 17.7. The van der Waals surface area contributed by atoms with Crippen molar-refractivity contribution >= 4 is 5.78 Å². The number of Topliss-reactive ketones (excluding diaryl/α,β-unsaturated/α-hetero) is 1. The molecule has 2 aromatic carbocycles. The van der Waals surface area contributed by atoms with E-state index in [0.717, 1.165) is 43.2 Å². The lowest BCUT2D eigenvalue weighted by atomic mass is 9.79. The largest absolute Gasteiger partial charge is 0.294 e. The molecule has 2 aromatic rings. The fourth-order valence-electron chi connectivity index (χ4n) is 4.15. The molecule has 0 aliphatic heterocycles. The third-order valence-electron chi connectivity index (χ3n) is 5.29. The summed E-state index contributed by atoms with van der Waals surface area (Å²) in [4.78, 5) is 13.4. The Balaban J connectivity index is 2.11. The maximum Gasteiger partial charge on any atom is 0.167 e. The van der Waals surface area contributed by atoms with Gasteiger partial charge < -0.3 is 0 Å². The van der Waals surface area contributed by atoms with Gasteiger partial charge in [0.15, 0.2) is 5.78 Å². The molecule has 0 bridgehead atoms. The molecule has 0 heterocycles. The Labute approximate surface area is 151 Å². The predicted octanol–water partition coefficient (Wildman–Crippen LogP) is 6.42. The van der Waals surface area contributed by atoms with Crippen molar-refractivity contribution in [2.24, 2.45) is 0 Å². The Bertz CT molecular complexity index is 727. The lowest BCUT2D eigenvalue weighted by Gasteiger charge is -2.23. The number of allylic oxidation sites excluding steroid dienone is 2. The summed E-state index contributed by atoms with van der Waals surface area (Å²) in [5.41, 5.74) is 4.94. The Morgan fingerprint density at radius 1 is 0.720 bits per heavy atom. The molecule has 1 aliphatic carbocycles. The number of carbonyl (C=O) groups is 1. The summed E-state index contributed by atoms with van der Waals surface area (Å²) >= 11 is 0. The minimum absolute atomic E-state index is 0.0583. The summed E-state index contributed by atoms with van der Waals surface area (Å²) in [6, 6.07) is 21.0. The molecule has 0 radical (unpaired) electrons. The van der Waals surface area contributed by atoms with E-state index in [1.54, 1.807) is 0 Å².